The maximum absolute atomic E-state index is 11.8. The number of ether oxygens (including phenoxy) is 1. The summed E-state index contributed by atoms with van der Waals surface area (Å²) in [5.74, 6) is 0.441. The molecule has 3 N–H and O–H groups in total. The first-order valence-electron chi connectivity index (χ1n) is 7.79. The minimum Gasteiger partial charge on any atom is -0.493 e. The lowest BCUT2D eigenvalue weighted by Crippen LogP contribution is -2.40. The Balaban J connectivity index is 2.37. The van der Waals surface area contributed by atoms with Gasteiger partial charge in [0.15, 0.2) is 9.84 Å². The fraction of sp³-hybridized carbons (Fsp3) is 0.562. The number of hydrogen-bond donors (Lipinski definition) is 2. The maximum Gasteiger partial charge on any atom is 0.223 e. The van der Waals surface area contributed by atoms with Crippen molar-refractivity contribution in [2.24, 2.45) is 5.73 Å². The number of unbranched alkanes of at least 4 members (excludes halogenated alkanes) is 1. The molecule has 0 saturated heterocycles. The average molecular weight is 342 g/mol. The van der Waals surface area contributed by atoms with Crippen molar-refractivity contribution in [3.8, 4) is 5.75 Å². The van der Waals surface area contributed by atoms with Crippen molar-refractivity contribution < 1.29 is 17.9 Å². The van der Waals surface area contributed by atoms with E-state index in [-0.39, 0.29) is 29.9 Å². The lowest BCUT2D eigenvalue weighted by atomic mass is 10.1. The third-order valence-corrected chi connectivity index (χ3v) is 4.53. The lowest BCUT2D eigenvalue weighted by Gasteiger charge is -2.16. The maximum atomic E-state index is 11.8. The topological polar surface area (TPSA) is 98.5 Å². The molecule has 1 amide bonds. The standard InChI is InChI=1S/C16H26N2O4S/c1-3-4-5-13(12-17)18-16(19)10-11-22-14-6-8-15(9-7-14)23(2,20)21/h6-9,13H,3-5,10-12,17H2,1-2H3,(H,18,19). The normalized spacial score (nSPS) is 12.7. The number of nitrogens with one attached hydrogen (secondary N) is 1. The number of rotatable bonds is 10. The van der Waals surface area contributed by atoms with Gasteiger partial charge in [-0.2, -0.15) is 0 Å². The average Bonchev–Trinajstić information content (AvgIpc) is 2.51. The van der Waals surface area contributed by atoms with E-state index in [4.69, 9.17) is 10.5 Å². The van der Waals surface area contributed by atoms with Crippen LogP contribution in [-0.2, 0) is 14.6 Å². The molecular weight excluding hydrogens is 316 g/mol. The fourth-order valence-corrected chi connectivity index (χ4v) is 2.67. The van der Waals surface area contributed by atoms with Gasteiger partial charge in [-0.25, -0.2) is 8.42 Å². The van der Waals surface area contributed by atoms with Gasteiger partial charge in [0.25, 0.3) is 0 Å². The molecule has 0 aliphatic carbocycles. The minimum atomic E-state index is -3.21. The molecule has 1 atom stereocenters. The van der Waals surface area contributed by atoms with Gasteiger partial charge in [-0.1, -0.05) is 19.8 Å². The number of nitrogens with two attached hydrogens (primary N) is 1. The summed E-state index contributed by atoms with van der Waals surface area (Å²) >= 11 is 0. The van der Waals surface area contributed by atoms with Gasteiger partial charge in [-0.3, -0.25) is 4.79 Å². The van der Waals surface area contributed by atoms with Crippen LogP contribution in [0.5, 0.6) is 5.75 Å². The molecule has 0 heterocycles. The van der Waals surface area contributed by atoms with E-state index in [1.165, 1.54) is 12.1 Å². The zero-order valence-corrected chi connectivity index (χ0v) is 14.6. The predicted molar refractivity (Wildman–Crippen MR) is 90.2 cm³/mol. The van der Waals surface area contributed by atoms with Gasteiger partial charge < -0.3 is 15.8 Å². The van der Waals surface area contributed by atoms with Crippen LogP contribution < -0.4 is 15.8 Å². The van der Waals surface area contributed by atoms with E-state index in [2.05, 4.69) is 12.2 Å². The van der Waals surface area contributed by atoms with Crippen LogP contribution >= 0.6 is 0 Å². The van der Waals surface area contributed by atoms with Gasteiger partial charge in [0.05, 0.1) is 17.9 Å². The molecule has 0 aliphatic heterocycles. The van der Waals surface area contributed by atoms with Gasteiger partial charge in [-0.05, 0) is 30.7 Å². The zero-order valence-electron chi connectivity index (χ0n) is 13.7. The molecule has 1 unspecified atom stereocenters. The molecule has 1 aromatic carbocycles. The summed E-state index contributed by atoms with van der Waals surface area (Å²) in [7, 11) is -3.21. The molecule has 6 nitrogen and oxygen atoms in total. The summed E-state index contributed by atoms with van der Waals surface area (Å²) in [6.07, 6.45) is 4.37. The molecule has 0 saturated carbocycles. The van der Waals surface area contributed by atoms with Crippen LogP contribution in [0.1, 0.15) is 32.6 Å². The molecular formula is C16H26N2O4S. The summed E-state index contributed by atoms with van der Waals surface area (Å²) in [6.45, 7) is 2.76. The minimum absolute atomic E-state index is 0.0106. The quantitative estimate of drug-likeness (QED) is 0.671. The van der Waals surface area contributed by atoms with Crippen LogP contribution in [0.2, 0.25) is 0 Å². The fourth-order valence-electron chi connectivity index (χ4n) is 2.04. The number of carbonyl (C=O) groups excluding carboxylic acids is 1. The van der Waals surface area contributed by atoms with Crippen molar-refractivity contribution in [3.63, 3.8) is 0 Å². The van der Waals surface area contributed by atoms with Gasteiger partial charge in [0.2, 0.25) is 5.91 Å². The summed E-state index contributed by atoms with van der Waals surface area (Å²) < 4.78 is 28.2. The van der Waals surface area contributed by atoms with Crippen molar-refractivity contribution in [3.05, 3.63) is 24.3 Å². The van der Waals surface area contributed by atoms with E-state index in [9.17, 15) is 13.2 Å². The van der Waals surface area contributed by atoms with Crippen molar-refractivity contribution in [1.82, 2.24) is 5.32 Å². The van der Waals surface area contributed by atoms with Gasteiger partial charge in [0.1, 0.15) is 5.75 Å². The molecule has 0 bridgehead atoms. The molecule has 0 spiro atoms. The van der Waals surface area contributed by atoms with Crippen molar-refractivity contribution in [1.29, 1.82) is 0 Å². The van der Waals surface area contributed by atoms with Gasteiger partial charge in [-0.15, -0.1) is 0 Å². The molecule has 1 rings (SSSR count). The van der Waals surface area contributed by atoms with E-state index in [1.54, 1.807) is 12.1 Å². The highest BCUT2D eigenvalue weighted by Gasteiger charge is 2.10. The first-order valence-corrected chi connectivity index (χ1v) is 9.68. The van der Waals surface area contributed by atoms with E-state index in [0.717, 1.165) is 25.5 Å². The second-order valence-electron chi connectivity index (χ2n) is 5.48. The molecule has 7 heteroatoms. The monoisotopic (exact) mass is 342 g/mol. The Morgan fingerprint density at radius 1 is 1.30 bits per heavy atom. The summed E-state index contributed by atoms with van der Waals surface area (Å²) in [5, 5.41) is 2.89. The number of carbonyl (C=O) groups is 1. The Morgan fingerprint density at radius 2 is 1.96 bits per heavy atom. The predicted octanol–water partition coefficient (Wildman–Crippen LogP) is 1.49. The van der Waals surface area contributed by atoms with Crippen LogP contribution in [0.25, 0.3) is 0 Å². The molecule has 0 radical (unpaired) electrons. The van der Waals surface area contributed by atoms with Crippen LogP contribution in [0.4, 0.5) is 0 Å². The van der Waals surface area contributed by atoms with Gasteiger partial charge >= 0.3 is 0 Å². The number of hydrogen-bond acceptors (Lipinski definition) is 5. The Labute approximate surface area is 138 Å². The van der Waals surface area contributed by atoms with Crippen LogP contribution in [0.3, 0.4) is 0 Å². The van der Waals surface area contributed by atoms with Crippen molar-refractivity contribution in [2.75, 3.05) is 19.4 Å². The van der Waals surface area contributed by atoms with Crippen LogP contribution in [-0.4, -0.2) is 39.8 Å². The third-order valence-electron chi connectivity index (χ3n) is 3.41. The highest BCUT2D eigenvalue weighted by Crippen LogP contribution is 2.15. The SMILES string of the molecule is CCCCC(CN)NC(=O)CCOc1ccc(S(C)(=O)=O)cc1. The first kappa shape index (κ1) is 19.4. The van der Waals surface area contributed by atoms with E-state index >= 15 is 0 Å². The number of amides is 1. The second kappa shape index (κ2) is 9.52. The van der Waals surface area contributed by atoms with E-state index in [0.29, 0.717) is 12.3 Å². The zero-order chi connectivity index (χ0) is 17.3. The molecule has 1 aromatic rings. The van der Waals surface area contributed by atoms with Crippen LogP contribution in [0.15, 0.2) is 29.2 Å². The highest BCUT2D eigenvalue weighted by molar-refractivity contribution is 7.90. The number of benzene rings is 1. The van der Waals surface area contributed by atoms with E-state index in [1.807, 2.05) is 0 Å². The van der Waals surface area contributed by atoms with Crippen molar-refractivity contribution in [2.45, 2.75) is 43.5 Å². The number of sulfone groups is 1. The Morgan fingerprint density at radius 3 is 2.48 bits per heavy atom. The molecule has 130 valence electrons. The smallest absolute Gasteiger partial charge is 0.223 e. The Bertz CT molecular complexity index is 585. The summed E-state index contributed by atoms with van der Waals surface area (Å²) in [4.78, 5) is 12.1. The molecule has 0 aromatic heterocycles. The Hall–Kier alpha value is -1.60. The van der Waals surface area contributed by atoms with Gasteiger partial charge in [0, 0.05) is 18.8 Å². The lowest BCUT2D eigenvalue weighted by molar-refractivity contribution is -0.122. The largest absolute Gasteiger partial charge is 0.493 e. The van der Waals surface area contributed by atoms with Crippen LogP contribution in [0, 0.1) is 0 Å². The van der Waals surface area contributed by atoms with Crippen molar-refractivity contribution >= 4 is 15.7 Å². The second-order valence-corrected chi connectivity index (χ2v) is 7.50. The first-order chi connectivity index (χ1) is 10.9. The molecule has 0 fully saturated rings. The molecule has 23 heavy (non-hydrogen) atoms. The third kappa shape index (κ3) is 7.47. The Kier molecular flexibility index (Phi) is 8.05. The molecule has 0 aliphatic rings. The summed E-state index contributed by atoms with van der Waals surface area (Å²) in [5.41, 5.74) is 5.64. The van der Waals surface area contributed by atoms with E-state index < -0.39 is 9.84 Å². The summed E-state index contributed by atoms with van der Waals surface area (Å²) in [6, 6.07) is 6.15. The highest BCUT2D eigenvalue weighted by atomic mass is 32.2.